The van der Waals surface area contributed by atoms with Crippen molar-refractivity contribution < 1.29 is 19.1 Å². The monoisotopic (exact) mass is 327 g/mol. The molecule has 3 rings (SSSR count). The number of nitrogens with two attached hydrogens (primary N) is 1. The summed E-state index contributed by atoms with van der Waals surface area (Å²) in [5.41, 5.74) is 8.06. The maximum atomic E-state index is 12.1. The summed E-state index contributed by atoms with van der Waals surface area (Å²) in [6.07, 6.45) is -0.00650. The number of benzene rings is 1. The molecule has 1 aromatic heterocycles. The van der Waals surface area contributed by atoms with Crippen LogP contribution in [0.5, 0.6) is 0 Å². The molecule has 3 N–H and O–H groups in total. The van der Waals surface area contributed by atoms with Crippen molar-refractivity contribution in [3.05, 3.63) is 41.1 Å². The standard InChI is InChI=1S/C17H17N3O4/c1-9-13(12-4-5-15(21)20-16(12)22)7-11-3-2-10(6-14(11)19-9)8-24-17(18)23/h2-3,6-7,12H,4-5,8H2,1H3,(H2,18,23)(H,20,21,22). The van der Waals surface area contributed by atoms with E-state index >= 15 is 0 Å². The van der Waals surface area contributed by atoms with E-state index < -0.39 is 6.09 Å². The normalized spacial score (nSPS) is 17.6. The zero-order valence-electron chi connectivity index (χ0n) is 13.2. The molecule has 7 heteroatoms. The van der Waals surface area contributed by atoms with Crippen molar-refractivity contribution >= 4 is 28.8 Å². The summed E-state index contributed by atoms with van der Waals surface area (Å²) in [4.78, 5) is 38.6. The Morgan fingerprint density at radius 1 is 1.38 bits per heavy atom. The lowest BCUT2D eigenvalue weighted by Crippen LogP contribution is -2.39. The van der Waals surface area contributed by atoms with Gasteiger partial charge in [-0.25, -0.2) is 4.79 Å². The highest BCUT2D eigenvalue weighted by Gasteiger charge is 2.29. The van der Waals surface area contributed by atoms with Crippen molar-refractivity contribution in [2.75, 3.05) is 0 Å². The predicted molar refractivity (Wildman–Crippen MR) is 86.0 cm³/mol. The highest BCUT2D eigenvalue weighted by Crippen LogP contribution is 2.29. The van der Waals surface area contributed by atoms with Crippen LogP contribution in [0.2, 0.25) is 0 Å². The van der Waals surface area contributed by atoms with Gasteiger partial charge in [0, 0.05) is 17.5 Å². The van der Waals surface area contributed by atoms with Gasteiger partial charge in [-0.1, -0.05) is 12.1 Å². The Hall–Kier alpha value is -2.96. The number of carbonyl (C=O) groups excluding carboxylic acids is 3. The molecule has 1 fully saturated rings. The third-order valence-electron chi connectivity index (χ3n) is 4.11. The van der Waals surface area contributed by atoms with Crippen molar-refractivity contribution in [1.82, 2.24) is 10.3 Å². The molecule has 0 radical (unpaired) electrons. The van der Waals surface area contributed by atoms with Gasteiger partial charge in [-0.2, -0.15) is 0 Å². The lowest BCUT2D eigenvalue weighted by atomic mass is 9.89. The van der Waals surface area contributed by atoms with Gasteiger partial charge in [0.1, 0.15) is 6.61 Å². The highest BCUT2D eigenvalue weighted by molar-refractivity contribution is 6.01. The van der Waals surface area contributed by atoms with E-state index in [1.165, 1.54) is 0 Å². The molecule has 1 unspecified atom stereocenters. The van der Waals surface area contributed by atoms with Crippen LogP contribution in [-0.4, -0.2) is 22.9 Å². The van der Waals surface area contributed by atoms with Crippen molar-refractivity contribution in [2.24, 2.45) is 5.73 Å². The van der Waals surface area contributed by atoms with Crippen LogP contribution in [0.25, 0.3) is 10.9 Å². The van der Waals surface area contributed by atoms with Gasteiger partial charge in [0.15, 0.2) is 0 Å². The van der Waals surface area contributed by atoms with Crippen molar-refractivity contribution in [1.29, 1.82) is 0 Å². The molecule has 2 aromatic rings. The molecule has 1 aliphatic rings. The van der Waals surface area contributed by atoms with E-state index in [0.717, 1.165) is 27.7 Å². The Morgan fingerprint density at radius 3 is 2.88 bits per heavy atom. The van der Waals surface area contributed by atoms with Crippen molar-refractivity contribution in [3.63, 3.8) is 0 Å². The molecule has 0 aliphatic carbocycles. The Bertz CT molecular complexity index is 847. The minimum atomic E-state index is -0.826. The fourth-order valence-electron chi connectivity index (χ4n) is 2.91. The van der Waals surface area contributed by atoms with Crippen molar-refractivity contribution in [2.45, 2.75) is 32.3 Å². The summed E-state index contributed by atoms with van der Waals surface area (Å²) in [6, 6.07) is 7.42. The molecule has 124 valence electrons. The zero-order valence-corrected chi connectivity index (χ0v) is 13.2. The van der Waals surface area contributed by atoms with Crippen LogP contribution < -0.4 is 11.1 Å². The number of fused-ring (bicyclic) bond motifs is 1. The average molecular weight is 327 g/mol. The molecule has 1 atom stereocenters. The number of hydrogen-bond donors (Lipinski definition) is 2. The van der Waals surface area contributed by atoms with Gasteiger partial charge in [0.25, 0.3) is 0 Å². The van der Waals surface area contributed by atoms with Gasteiger partial charge in [0.2, 0.25) is 11.8 Å². The molecule has 0 spiro atoms. The first-order valence-corrected chi connectivity index (χ1v) is 7.60. The quantitative estimate of drug-likeness (QED) is 0.833. The summed E-state index contributed by atoms with van der Waals surface area (Å²) in [6.45, 7) is 1.92. The van der Waals surface area contributed by atoms with Gasteiger partial charge >= 0.3 is 6.09 Å². The second kappa shape index (κ2) is 6.27. The Balaban J connectivity index is 1.93. The first-order chi connectivity index (χ1) is 11.4. The second-order valence-corrected chi connectivity index (χ2v) is 5.80. The molecular weight excluding hydrogens is 310 g/mol. The lowest BCUT2D eigenvalue weighted by Gasteiger charge is -2.22. The first-order valence-electron chi connectivity index (χ1n) is 7.60. The number of nitrogens with zero attached hydrogens (tertiary/aromatic N) is 1. The third kappa shape index (κ3) is 3.19. The SMILES string of the molecule is Cc1nc2cc(COC(N)=O)ccc2cc1C1CCC(=O)NC1=O. The molecule has 1 saturated heterocycles. The summed E-state index contributed by atoms with van der Waals surface area (Å²) in [5, 5.41) is 3.25. The summed E-state index contributed by atoms with van der Waals surface area (Å²) in [7, 11) is 0. The summed E-state index contributed by atoms with van der Waals surface area (Å²) in [5.74, 6) is -0.874. The van der Waals surface area contributed by atoms with Gasteiger partial charge in [0.05, 0.1) is 11.4 Å². The number of amides is 3. The molecule has 24 heavy (non-hydrogen) atoms. The minimum Gasteiger partial charge on any atom is -0.445 e. The van der Waals surface area contributed by atoms with Crippen LogP contribution in [0.3, 0.4) is 0 Å². The smallest absolute Gasteiger partial charge is 0.404 e. The average Bonchev–Trinajstić information content (AvgIpc) is 2.52. The summed E-state index contributed by atoms with van der Waals surface area (Å²) < 4.78 is 4.78. The number of aromatic nitrogens is 1. The minimum absolute atomic E-state index is 0.0842. The molecular formula is C17H17N3O4. The molecule has 7 nitrogen and oxygen atoms in total. The number of pyridine rings is 1. The molecule has 1 aromatic carbocycles. The zero-order chi connectivity index (χ0) is 17.3. The van der Waals surface area contributed by atoms with Gasteiger partial charge in [-0.15, -0.1) is 0 Å². The molecule has 3 amide bonds. The van der Waals surface area contributed by atoms with E-state index in [9.17, 15) is 14.4 Å². The van der Waals surface area contributed by atoms with E-state index in [-0.39, 0.29) is 24.3 Å². The number of rotatable bonds is 3. The molecule has 1 aliphatic heterocycles. The van der Waals surface area contributed by atoms with Gasteiger partial charge in [-0.05, 0) is 36.6 Å². The number of aryl methyl sites for hydroxylation is 1. The van der Waals surface area contributed by atoms with Crippen LogP contribution in [0.1, 0.15) is 35.6 Å². The number of nitrogens with one attached hydrogen (secondary N) is 1. The van der Waals surface area contributed by atoms with Crippen LogP contribution >= 0.6 is 0 Å². The maximum absolute atomic E-state index is 12.1. The Kier molecular flexibility index (Phi) is 4.16. The predicted octanol–water partition coefficient (Wildman–Crippen LogP) is 1.66. The fraction of sp³-hybridized carbons (Fsp3) is 0.294. The van der Waals surface area contributed by atoms with Crippen LogP contribution in [-0.2, 0) is 20.9 Å². The number of hydrogen-bond acceptors (Lipinski definition) is 5. The molecule has 2 heterocycles. The lowest BCUT2D eigenvalue weighted by molar-refractivity contribution is -0.134. The summed E-state index contributed by atoms with van der Waals surface area (Å²) >= 11 is 0. The Labute approximate surface area is 138 Å². The number of ether oxygens (including phenoxy) is 1. The second-order valence-electron chi connectivity index (χ2n) is 5.80. The highest BCUT2D eigenvalue weighted by atomic mass is 16.5. The molecule has 0 bridgehead atoms. The number of piperidine rings is 1. The van der Waals surface area contributed by atoms with Gasteiger partial charge in [-0.3, -0.25) is 19.9 Å². The van der Waals surface area contributed by atoms with Crippen molar-refractivity contribution in [3.8, 4) is 0 Å². The largest absolute Gasteiger partial charge is 0.445 e. The van der Waals surface area contributed by atoms with Gasteiger partial charge < -0.3 is 10.5 Å². The number of primary amides is 1. The molecule has 0 saturated carbocycles. The van der Waals surface area contributed by atoms with Crippen LogP contribution in [0.15, 0.2) is 24.3 Å². The maximum Gasteiger partial charge on any atom is 0.404 e. The fourth-order valence-corrected chi connectivity index (χ4v) is 2.91. The van der Waals surface area contributed by atoms with E-state index in [4.69, 9.17) is 10.5 Å². The Morgan fingerprint density at radius 2 is 2.17 bits per heavy atom. The van der Waals surface area contributed by atoms with E-state index in [1.54, 1.807) is 0 Å². The van der Waals surface area contributed by atoms with E-state index in [2.05, 4.69) is 10.3 Å². The topological polar surface area (TPSA) is 111 Å². The number of imide groups is 1. The van der Waals surface area contributed by atoms with E-state index in [0.29, 0.717) is 12.8 Å². The van der Waals surface area contributed by atoms with E-state index in [1.807, 2.05) is 31.2 Å². The van der Waals surface area contributed by atoms with Crippen LogP contribution in [0, 0.1) is 6.92 Å². The third-order valence-corrected chi connectivity index (χ3v) is 4.11. The van der Waals surface area contributed by atoms with Crippen LogP contribution in [0.4, 0.5) is 4.79 Å². The number of carbonyl (C=O) groups is 3. The first kappa shape index (κ1) is 15.9.